The first-order chi connectivity index (χ1) is 9.76. The summed E-state index contributed by atoms with van der Waals surface area (Å²) in [4.78, 5) is 14.1. The number of hydrogen-bond donors (Lipinski definition) is 0. The second-order valence-electron chi connectivity index (χ2n) is 4.67. The number of carbonyl (C=O) groups excluding carboxylic acids is 1. The number of rotatable bonds is 6. The molecule has 5 heteroatoms. The Balaban J connectivity index is 2.11. The smallest absolute Gasteiger partial charge is 0.253 e. The number of ether oxygens (including phenoxy) is 2. The van der Waals surface area contributed by atoms with Crippen molar-refractivity contribution in [2.45, 2.75) is 19.6 Å². The number of amides is 1. The molecular formula is C15H18N2O3. The topological polar surface area (TPSA) is 62.6 Å². The Bertz CT molecular complexity index is 522. The van der Waals surface area contributed by atoms with Crippen LogP contribution in [0.4, 0.5) is 0 Å². The van der Waals surface area contributed by atoms with Crippen molar-refractivity contribution in [3.05, 3.63) is 34.9 Å². The SMILES string of the molecule is COCCN(CCC#N)C(=O)c1ccc2c(c1)COC2. The van der Waals surface area contributed by atoms with Crippen LogP contribution in [0.25, 0.3) is 0 Å². The molecule has 1 heterocycles. The van der Waals surface area contributed by atoms with Gasteiger partial charge in [0.05, 0.1) is 32.3 Å². The standard InChI is InChI=1S/C15H18N2O3/c1-19-8-7-17(6-2-5-16)15(18)12-3-4-13-10-20-11-14(13)9-12/h3-4,9H,2,6-8,10-11H2,1H3. The molecule has 0 saturated carbocycles. The average molecular weight is 274 g/mol. The number of benzene rings is 1. The third kappa shape index (κ3) is 3.35. The van der Waals surface area contributed by atoms with E-state index in [1.807, 2.05) is 18.2 Å². The van der Waals surface area contributed by atoms with Crippen LogP contribution in [-0.2, 0) is 22.7 Å². The van der Waals surface area contributed by atoms with E-state index in [2.05, 4.69) is 6.07 Å². The molecule has 5 nitrogen and oxygen atoms in total. The molecule has 1 aromatic carbocycles. The van der Waals surface area contributed by atoms with Gasteiger partial charge in [-0.2, -0.15) is 5.26 Å². The summed E-state index contributed by atoms with van der Waals surface area (Å²) in [7, 11) is 1.60. The normalized spacial score (nSPS) is 12.8. The van der Waals surface area contributed by atoms with Gasteiger partial charge in [0.15, 0.2) is 0 Å². The fraction of sp³-hybridized carbons (Fsp3) is 0.467. The fourth-order valence-electron chi connectivity index (χ4n) is 2.19. The van der Waals surface area contributed by atoms with Crippen molar-refractivity contribution >= 4 is 5.91 Å². The van der Waals surface area contributed by atoms with E-state index in [4.69, 9.17) is 14.7 Å². The van der Waals surface area contributed by atoms with Crippen LogP contribution in [0.2, 0.25) is 0 Å². The zero-order chi connectivity index (χ0) is 14.4. The fourth-order valence-corrected chi connectivity index (χ4v) is 2.19. The lowest BCUT2D eigenvalue weighted by Crippen LogP contribution is -2.34. The highest BCUT2D eigenvalue weighted by Gasteiger charge is 2.18. The molecule has 1 aliphatic rings. The maximum atomic E-state index is 12.5. The summed E-state index contributed by atoms with van der Waals surface area (Å²) < 4.78 is 10.4. The van der Waals surface area contributed by atoms with Gasteiger partial charge in [-0.3, -0.25) is 4.79 Å². The van der Waals surface area contributed by atoms with Crippen LogP contribution >= 0.6 is 0 Å². The molecule has 0 atom stereocenters. The predicted molar refractivity (Wildman–Crippen MR) is 72.9 cm³/mol. The minimum Gasteiger partial charge on any atom is -0.383 e. The van der Waals surface area contributed by atoms with Crippen LogP contribution in [0, 0.1) is 11.3 Å². The highest BCUT2D eigenvalue weighted by molar-refractivity contribution is 5.94. The van der Waals surface area contributed by atoms with E-state index in [0.29, 0.717) is 44.9 Å². The predicted octanol–water partition coefficient (Wildman–Crippen LogP) is 1.72. The van der Waals surface area contributed by atoms with E-state index in [9.17, 15) is 4.79 Å². The van der Waals surface area contributed by atoms with Crippen molar-refractivity contribution in [2.75, 3.05) is 26.8 Å². The zero-order valence-electron chi connectivity index (χ0n) is 11.6. The number of hydrogen-bond acceptors (Lipinski definition) is 4. The van der Waals surface area contributed by atoms with E-state index in [1.165, 1.54) is 0 Å². The van der Waals surface area contributed by atoms with Gasteiger partial charge in [0.2, 0.25) is 0 Å². The zero-order valence-corrected chi connectivity index (χ0v) is 11.6. The van der Waals surface area contributed by atoms with Crippen LogP contribution in [0.3, 0.4) is 0 Å². The number of methoxy groups -OCH3 is 1. The second-order valence-corrected chi connectivity index (χ2v) is 4.67. The summed E-state index contributed by atoms with van der Waals surface area (Å²) in [5, 5.41) is 8.68. The van der Waals surface area contributed by atoms with E-state index in [1.54, 1.807) is 12.0 Å². The van der Waals surface area contributed by atoms with Crippen LogP contribution < -0.4 is 0 Å². The van der Waals surface area contributed by atoms with Gasteiger partial charge in [-0.25, -0.2) is 0 Å². The molecule has 2 rings (SSSR count). The molecule has 0 aromatic heterocycles. The molecule has 0 bridgehead atoms. The van der Waals surface area contributed by atoms with E-state index in [-0.39, 0.29) is 5.91 Å². The first kappa shape index (κ1) is 14.5. The van der Waals surface area contributed by atoms with Gasteiger partial charge < -0.3 is 14.4 Å². The first-order valence-corrected chi connectivity index (χ1v) is 6.61. The minimum absolute atomic E-state index is 0.0630. The molecule has 0 radical (unpaired) electrons. The first-order valence-electron chi connectivity index (χ1n) is 6.61. The molecule has 0 spiro atoms. The highest BCUT2D eigenvalue weighted by Crippen LogP contribution is 2.21. The second kappa shape index (κ2) is 7.04. The Morgan fingerprint density at radius 2 is 2.20 bits per heavy atom. The Hall–Kier alpha value is -1.90. The monoisotopic (exact) mass is 274 g/mol. The number of nitriles is 1. The third-order valence-corrected chi connectivity index (χ3v) is 3.31. The van der Waals surface area contributed by atoms with Crippen molar-refractivity contribution < 1.29 is 14.3 Å². The average Bonchev–Trinajstić information content (AvgIpc) is 2.94. The van der Waals surface area contributed by atoms with E-state index in [0.717, 1.165) is 11.1 Å². The van der Waals surface area contributed by atoms with Crippen molar-refractivity contribution in [3.63, 3.8) is 0 Å². The summed E-state index contributed by atoms with van der Waals surface area (Å²) in [6, 6.07) is 7.71. The third-order valence-electron chi connectivity index (χ3n) is 3.31. The Morgan fingerprint density at radius 3 is 2.95 bits per heavy atom. The van der Waals surface area contributed by atoms with Gasteiger partial charge in [-0.1, -0.05) is 6.07 Å². The summed E-state index contributed by atoms with van der Waals surface area (Å²) in [5.74, 6) is -0.0630. The quantitative estimate of drug-likeness (QED) is 0.792. The molecule has 1 aromatic rings. The molecule has 0 saturated heterocycles. The molecule has 1 amide bonds. The van der Waals surface area contributed by atoms with Gasteiger partial charge in [-0.05, 0) is 23.3 Å². The Kier molecular flexibility index (Phi) is 5.10. The van der Waals surface area contributed by atoms with Gasteiger partial charge >= 0.3 is 0 Å². The molecule has 0 fully saturated rings. The largest absolute Gasteiger partial charge is 0.383 e. The van der Waals surface area contributed by atoms with Crippen molar-refractivity contribution in [2.24, 2.45) is 0 Å². The van der Waals surface area contributed by atoms with Crippen molar-refractivity contribution in [1.29, 1.82) is 5.26 Å². The molecule has 1 aliphatic heterocycles. The molecule has 20 heavy (non-hydrogen) atoms. The number of carbonyl (C=O) groups is 1. The molecule has 106 valence electrons. The van der Waals surface area contributed by atoms with Crippen LogP contribution in [-0.4, -0.2) is 37.6 Å². The maximum absolute atomic E-state index is 12.5. The number of nitrogens with zero attached hydrogens (tertiary/aromatic N) is 2. The van der Waals surface area contributed by atoms with Gasteiger partial charge in [-0.15, -0.1) is 0 Å². The van der Waals surface area contributed by atoms with E-state index < -0.39 is 0 Å². The lowest BCUT2D eigenvalue weighted by molar-refractivity contribution is 0.0699. The molecule has 0 aliphatic carbocycles. The van der Waals surface area contributed by atoms with Crippen LogP contribution in [0.5, 0.6) is 0 Å². The van der Waals surface area contributed by atoms with E-state index >= 15 is 0 Å². The Labute approximate surface area is 118 Å². The molecule has 0 N–H and O–H groups in total. The summed E-state index contributed by atoms with van der Waals surface area (Å²) >= 11 is 0. The molecule has 0 unspecified atom stereocenters. The van der Waals surface area contributed by atoms with Gasteiger partial charge in [0.25, 0.3) is 5.91 Å². The lowest BCUT2D eigenvalue weighted by atomic mass is 10.1. The van der Waals surface area contributed by atoms with Crippen LogP contribution in [0.15, 0.2) is 18.2 Å². The van der Waals surface area contributed by atoms with Crippen molar-refractivity contribution in [3.8, 4) is 6.07 Å². The summed E-state index contributed by atoms with van der Waals surface area (Å²) in [5.41, 5.74) is 2.85. The summed E-state index contributed by atoms with van der Waals surface area (Å²) in [6.07, 6.45) is 0.323. The highest BCUT2D eigenvalue weighted by atomic mass is 16.5. The van der Waals surface area contributed by atoms with Gasteiger partial charge in [0.1, 0.15) is 0 Å². The lowest BCUT2D eigenvalue weighted by Gasteiger charge is -2.21. The van der Waals surface area contributed by atoms with Crippen LogP contribution in [0.1, 0.15) is 27.9 Å². The van der Waals surface area contributed by atoms with Crippen molar-refractivity contribution in [1.82, 2.24) is 4.90 Å². The Morgan fingerprint density at radius 1 is 1.40 bits per heavy atom. The maximum Gasteiger partial charge on any atom is 0.253 e. The molecular weight excluding hydrogens is 256 g/mol. The number of fused-ring (bicyclic) bond motifs is 1. The summed E-state index contributed by atoms with van der Waals surface area (Å²) in [6.45, 7) is 2.56. The van der Waals surface area contributed by atoms with Gasteiger partial charge in [0, 0.05) is 25.8 Å². The minimum atomic E-state index is -0.0630.